The molecule has 0 aliphatic heterocycles. The lowest BCUT2D eigenvalue weighted by Crippen LogP contribution is -2.45. The summed E-state index contributed by atoms with van der Waals surface area (Å²) in [5.41, 5.74) is 0. The van der Waals surface area contributed by atoms with Crippen LogP contribution in [-0.2, 0) is 18.4 Å². The van der Waals surface area contributed by atoms with E-state index in [1.165, 1.54) is 77.0 Å². The minimum Gasteiger partial charge on any atom is -0.387 e. The van der Waals surface area contributed by atoms with Crippen molar-refractivity contribution in [1.82, 2.24) is 5.32 Å². The third kappa shape index (κ3) is 59.8. The second-order valence-corrected chi connectivity index (χ2v) is 22.8. The van der Waals surface area contributed by atoms with Crippen molar-refractivity contribution >= 4 is 13.7 Å². The number of hydrogen-bond acceptors (Lipinski definition) is 5. The number of hydrogen-bond donors (Lipinski definition) is 3. The van der Waals surface area contributed by atoms with E-state index in [0.29, 0.717) is 17.4 Å². The van der Waals surface area contributed by atoms with Crippen molar-refractivity contribution in [2.75, 3.05) is 40.9 Å². The second kappa shape index (κ2) is 57.8. The number of aliphatic hydroxyl groups is 1. The molecular weight excluding hydrogens is 984 g/mol. The average molecular weight is 1100 g/mol. The molecule has 0 aromatic rings. The molecule has 0 aliphatic carbocycles. The van der Waals surface area contributed by atoms with Crippen LogP contribution in [0, 0.1) is 0 Å². The number of carbonyl (C=O) groups excluding carboxylic acids is 1. The van der Waals surface area contributed by atoms with Crippen LogP contribution in [0.4, 0.5) is 0 Å². The first kappa shape index (κ1) is 74.1. The van der Waals surface area contributed by atoms with E-state index in [0.717, 1.165) is 122 Å². The van der Waals surface area contributed by atoms with E-state index in [4.69, 9.17) is 9.05 Å². The van der Waals surface area contributed by atoms with Crippen LogP contribution in [0.3, 0.4) is 0 Å². The van der Waals surface area contributed by atoms with Gasteiger partial charge in [-0.2, -0.15) is 0 Å². The van der Waals surface area contributed by atoms with E-state index in [2.05, 4.69) is 165 Å². The molecule has 1 amide bonds. The van der Waals surface area contributed by atoms with Crippen LogP contribution in [0.5, 0.6) is 0 Å². The maximum absolute atomic E-state index is 13.0. The Morgan fingerprint density at radius 2 is 0.782 bits per heavy atom. The number of carbonyl (C=O) groups is 1. The highest BCUT2D eigenvalue weighted by atomic mass is 31.2. The van der Waals surface area contributed by atoms with Crippen molar-refractivity contribution in [2.24, 2.45) is 0 Å². The number of aliphatic hydroxyl groups excluding tert-OH is 1. The molecule has 0 bridgehead atoms. The number of quaternary nitrogens is 1. The zero-order chi connectivity index (χ0) is 57.0. The summed E-state index contributed by atoms with van der Waals surface area (Å²) in [5.74, 6) is -0.207. The zero-order valence-electron chi connectivity index (χ0n) is 50.3. The summed E-state index contributed by atoms with van der Waals surface area (Å²) >= 11 is 0. The molecule has 0 saturated carbocycles. The first-order chi connectivity index (χ1) is 38.0. The fourth-order valence-electron chi connectivity index (χ4n) is 7.92. The monoisotopic (exact) mass is 1100 g/mol. The molecule has 0 radical (unpaired) electrons. The Bertz CT molecular complexity index is 1820. The average Bonchev–Trinajstić information content (AvgIpc) is 3.40. The van der Waals surface area contributed by atoms with Gasteiger partial charge in [0.15, 0.2) is 0 Å². The fraction of sp³-hybridized carbons (Fsp3) is 0.609. The van der Waals surface area contributed by atoms with Gasteiger partial charge in [-0.15, -0.1) is 0 Å². The van der Waals surface area contributed by atoms with Crippen LogP contribution >= 0.6 is 7.82 Å². The number of rotatable bonds is 54. The number of amides is 1. The topological polar surface area (TPSA) is 105 Å². The van der Waals surface area contributed by atoms with Gasteiger partial charge in [0, 0.05) is 6.42 Å². The standard InChI is InChI=1S/C69H115N2O6P/c1-6-8-10-12-14-16-18-20-22-24-25-26-27-28-29-30-31-32-33-34-35-36-37-38-39-40-41-42-43-44-45-47-49-51-53-55-57-59-61-63-69(73)70-67(66-77-78(74,75)76-65-64-71(3,4)5)68(72)62-60-58-56-54-52-50-48-46-23-21-19-17-15-13-11-9-7-2/h8,10,14,16,20,22-23,25-26,28-29,31-32,34-35,37-38,40-41,43-44,46,52,54,60,62,67-68,72H,6-7,9,11-13,15,17-19,21,24,27,30,33,36,39,42,45,47-51,53,55-59,61,63-66H2,1-5H3,(H-,70,73,74,75)/p+1/b10-8-,16-14-,22-20-,26-25-,29-28-,32-31-,35-34-,38-37-,41-40-,44-43-,46-23+,54-52+,62-60+. The van der Waals surface area contributed by atoms with Crippen LogP contribution in [0.15, 0.2) is 158 Å². The Morgan fingerprint density at radius 1 is 0.449 bits per heavy atom. The molecule has 3 N–H and O–H groups in total. The van der Waals surface area contributed by atoms with Gasteiger partial charge in [-0.1, -0.05) is 249 Å². The summed E-state index contributed by atoms with van der Waals surface area (Å²) in [6, 6.07) is -0.886. The van der Waals surface area contributed by atoms with Crippen molar-refractivity contribution in [3.8, 4) is 0 Å². The highest BCUT2D eigenvalue weighted by molar-refractivity contribution is 7.47. The highest BCUT2D eigenvalue weighted by Gasteiger charge is 2.27. The molecule has 78 heavy (non-hydrogen) atoms. The molecule has 0 aromatic heterocycles. The molecule has 0 rings (SSSR count). The van der Waals surface area contributed by atoms with E-state index < -0.39 is 20.0 Å². The Balaban J connectivity index is 4.21. The quantitative estimate of drug-likeness (QED) is 0.0243. The molecule has 0 aliphatic rings. The number of nitrogens with zero attached hydrogens (tertiary/aromatic N) is 1. The third-order valence-corrected chi connectivity index (χ3v) is 13.7. The summed E-state index contributed by atoms with van der Waals surface area (Å²) in [5, 5.41) is 13.9. The number of phosphoric ester groups is 1. The molecule has 0 spiro atoms. The van der Waals surface area contributed by atoms with Crippen molar-refractivity contribution in [3.05, 3.63) is 158 Å². The molecule has 9 heteroatoms. The predicted molar refractivity (Wildman–Crippen MR) is 340 cm³/mol. The number of allylic oxidation sites excluding steroid dienone is 25. The molecule has 0 fully saturated rings. The largest absolute Gasteiger partial charge is 0.472 e. The number of likely N-dealkylation sites (N-methyl/N-ethyl adjacent to an activating group) is 1. The SMILES string of the molecule is CC/C=C\C/C=C\C/C=C\C/C=C\C/C=C\C/C=C\C/C=C\C/C=C\C/C=C\C/C=C\CCCCCCCCCCC(=O)NC(COP(=O)(O)OCC[N+](C)(C)C)C(O)/C=C/CC/C=C/CC/C=C/CCCCCCCCC. The van der Waals surface area contributed by atoms with Gasteiger partial charge in [0.05, 0.1) is 39.9 Å². The molecule has 3 atom stereocenters. The maximum atomic E-state index is 13.0. The summed E-state index contributed by atoms with van der Waals surface area (Å²) in [4.78, 5) is 23.3. The van der Waals surface area contributed by atoms with Crippen LogP contribution in [-0.4, -0.2) is 73.4 Å². The third-order valence-electron chi connectivity index (χ3n) is 12.7. The minimum atomic E-state index is -4.37. The first-order valence-electron chi connectivity index (χ1n) is 30.9. The van der Waals surface area contributed by atoms with Crippen molar-refractivity contribution in [2.45, 2.75) is 231 Å². The Morgan fingerprint density at radius 3 is 1.18 bits per heavy atom. The number of unbranched alkanes of at least 4 members (excludes halogenated alkanes) is 17. The van der Waals surface area contributed by atoms with Crippen LogP contribution < -0.4 is 5.32 Å². The first-order valence-corrected chi connectivity index (χ1v) is 32.4. The normalized spacial score (nSPS) is 14.9. The van der Waals surface area contributed by atoms with Crippen LogP contribution in [0.25, 0.3) is 0 Å². The lowest BCUT2D eigenvalue weighted by atomic mass is 10.1. The lowest BCUT2D eigenvalue weighted by molar-refractivity contribution is -0.870. The molecule has 8 nitrogen and oxygen atoms in total. The van der Waals surface area contributed by atoms with Crippen molar-refractivity contribution in [1.29, 1.82) is 0 Å². The van der Waals surface area contributed by atoms with Crippen molar-refractivity contribution in [3.63, 3.8) is 0 Å². The molecule has 3 unspecified atom stereocenters. The summed E-state index contributed by atoms with van der Waals surface area (Å²) < 4.78 is 23.7. The van der Waals surface area contributed by atoms with E-state index in [1.54, 1.807) is 6.08 Å². The van der Waals surface area contributed by atoms with Crippen LogP contribution in [0.2, 0.25) is 0 Å². The van der Waals surface area contributed by atoms with Gasteiger partial charge >= 0.3 is 7.82 Å². The number of nitrogens with one attached hydrogen (secondary N) is 1. The van der Waals surface area contributed by atoms with Crippen LogP contribution in [0.1, 0.15) is 219 Å². The smallest absolute Gasteiger partial charge is 0.387 e. The molecule has 0 saturated heterocycles. The lowest BCUT2D eigenvalue weighted by Gasteiger charge is -2.25. The predicted octanol–water partition coefficient (Wildman–Crippen LogP) is 19.4. The summed E-state index contributed by atoms with van der Waals surface area (Å²) in [7, 11) is 1.52. The fourth-order valence-corrected chi connectivity index (χ4v) is 8.66. The van der Waals surface area contributed by atoms with Gasteiger partial charge in [0.1, 0.15) is 13.2 Å². The Labute approximate surface area is 480 Å². The minimum absolute atomic E-state index is 0.0436. The van der Waals surface area contributed by atoms with E-state index >= 15 is 0 Å². The molecular formula is C69H116N2O6P+. The van der Waals surface area contributed by atoms with Gasteiger partial charge in [-0.05, 0) is 122 Å². The molecule has 0 heterocycles. The molecule has 442 valence electrons. The van der Waals surface area contributed by atoms with Gasteiger partial charge in [-0.25, -0.2) is 4.57 Å². The van der Waals surface area contributed by atoms with E-state index in [9.17, 15) is 19.4 Å². The molecule has 0 aromatic carbocycles. The van der Waals surface area contributed by atoms with E-state index in [1.807, 2.05) is 27.2 Å². The summed E-state index contributed by atoms with van der Waals surface area (Å²) in [6.45, 7) is 4.64. The number of phosphoric acid groups is 1. The second-order valence-electron chi connectivity index (χ2n) is 21.3. The Kier molecular flexibility index (Phi) is 54.9. The maximum Gasteiger partial charge on any atom is 0.472 e. The van der Waals surface area contributed by atoms with Gasteiger partial charge in [-0.3, -0.25) is 13.8 Å². The van der Waals surface area contributed by atoms with Gasteiger partial charge in [0.2, 0.25) is 5.91 Å². The highest BCUT2D eigenvalue weighted by Crippen LogP contribution is 2.43. The van der Waals surface area contributed by atoms with Gasteiger partial charge < -0.3 is 19.8 Å². The van der Waals surface area contributed by atoms with E-state index in [-0.39, 0.29) is 19.1 Å². The Hall–Kier alpha value is -3.88. The zero-order valence-corrected chi connectivity index (χ0v) is 51.2. The van der Waals surface area contributed by atoms with Crippen molar-refractivity contribution < 1.29 is 32.9 Å². The van der Waals surface area contributed by atoms with Gasteiger partial charge in [0.25, 0.3) is 0 Å². The summed E-state index contributed by atoms with van der Waals surface area (Å²) in [6.07, 6.45) is 90.7.